The van der Waals surface area contributed by atoms with Crippen LogP contribution in [-0.2, 0) is 0 Å². The summed E-state index contributed by atoms with van der Waals surface area (Å²) in [7, 11) is 1.95. The lowest BCUT2D eigenvalue weighted by atomic mass is 10.4. The molecule has 0 saturated heterocycles. The number of hydrogen-bond acceptors (Lipinski definition) is 2. The minimum atomic E-state index is 0. The summed E-state index contributed by atoms with van der Waals surface area (Å²) >= 11 is 5.99. The van der Waals surface area contributed by atoms with E-state index in [0.29, 0.717) is 5.15 Å². The van der Waals surface area contributed by atoms with Gasteiger partial charge in [0.15, 0.2) is 0 Å². The molecule has 2 aromatic rings. The van der Waals surface area contributed by atoms with Crippen molar-refractivity contribution in [3.63, 3.8) is 0 Å². The van der Waals surface area contributed by atoms with Crippen LogP contribution in [-0.4, -0.2) is 16.7 Å². The van der Waals surface area contributed by atoms with Crippen molar-refractivity contribution in [3.05, 3.63) is 48.0 Å². The van der Waals surface area contributed by atoms with Gasteiger partial charge in [-0.05, 0) is 24.3 Å². The Bertz CT molecular complexity index is 414. The maximum atomic E-state index is 5.99. The van der Waals surface area contributed by atoms with Gasteiger partial charge in [-0.15, -0.1) is 12.4 Å². The second kappa shape index (κ2) is 5.05. The zero-order valence-electron chi connectivity index (χ0n) is 8.17. The van der Waals surface area contributed by atoms with Crippen LogP contribution in [0.1, 0.15) is 0 Å². The van der Waals surface area contributed by atoms with Gasteiger partial charge in [-0.1, -0.05) is 11.6 Å². The summed E-state index contributed by atoms with van der Waals surface area (Å²) < 4.78 is 1.86. The van der Waals surface area contributed by atoms with E-state index in [1.54, 1.807) is 12.4 Å². The monoisotopic (exact) mass is 243 g/mol. The molecule has 0 aliphatic carbocycles. The van der Waals surface area contributed by atoms with Gasteiger partial charge >= 0.3 is 0 Å². The first kappa shape index (κ1) is 11.9. The van der Waals surface area contributed by atoms with Crippen molar-refractivity contribution in [2.45, 2.75) is 0 Å². The molecule has 2 aromatic heterocycles. The average Bonchev–Trinajstić information content (AvgIpc) is 2.65. The summed E-state index contributed by atoms with van der Waals surface area (Å²) in [6, 6.07) is 7.60. The largest absolute Gasteiger partial charge is 0.283 e. The third kappa shape index (κ3) is 2.43. The van der Waals surface area contributed by atoms with E-state index < -0.39 is 0 Å². The Labute approximate surface area is 99.7 Å². The van der Waals surface area contributed by atoms with E-state index in [-0.39, 0.29) is 12.4 Å². The third-order valence-electron chi connectivity index (χ3n) is 2.04. The summed E-state index contributed by atoms with van der Waals surface area (Å²) in [6.45, 7) is 0. The first-order chi connectivity index (χ1) is 6.79. The molecule has 3 nitrogen and oxygen atoms in total. The quantitative estimate of drug-likeness (QED) is 0.809. The fourth-order valence-electron chi connectivity index (χ4n) is 1.28. The van der Waals surface area contributed by atoms with Crippen LogP contribution in [0.3, 0.4) is 0 Å². The molecule has 0 aromatic carbocycles. The lowest BCUT2D eigenvalue weighted by Gasteiger charge is -2.21. The zero-order valence-corrected chi connectivity index (χ0v) is 9.74. The molecule has 0 aliphatic heterocycles. The standard InChI is InChI=1S/C10H10ClN3.ClH/c1-13(9-4-6-12-7-5-9)14-8-2-3-10(14)11;/h2-8H,1H3;1H. The fourth-order valence-corrected chi connectivity index (χ4v) is 1.52. The highest BCUT2D eigenvalue weighted by atomic mass is 35.5. The Morgan fingerprint density at radius 2 is 1.93 bits per heavy atom. The SMILES string of the molecule is CN(c1ccncc1)n1cccc1Cl.Cl. The fraction of sp³-hybridized carbons (Fsp3) is 0.100. The minimum Gasteiger partial charge on any atom is -0.283 e. The van der Waals surface area contributed by atoms with Gasteiger partial charge < -0.3 is 0 Å². The zero-order chi connectivity index (χ0) is 9.97. The van der Waals surface area contributed by atoms with Crippen molar-refractivity contribution >= 4 is 29.7 Å². The molecule has 0 bridgehead atoms. The molecule has 2 heterocycles. The number of hydrogen-bond donors (Lipinski definition) is 0. The molecule has 0 radical (unpaired) electrons. The number of nitrogens with zero attached hydrogens (tertiary/aromatic N) is 3. The highest BCUT2D eigenvalue weighted by Crippen LogP contribution is 2.16. The molecule has 2 rings (SSSR count). The second-order valence-corrected chi connectivity index (χ2v) is 3.29. The van der Waals surface area contributed by atoms with E-state index in [1.165, 1.54) is 0 Å². The highest BCUT2D eigenvalue weighted by Gasteiger charge is 2.04. The van der Waals surface area contributed by atoms with Gasteiger partial charge in [0, 0.05) is 25.6 Å². The summed E-state index contributed by atoms with van der Waals surface area (Å²) in [5.41, 5.74) is 1.04. The molecule has 80 valence electrons. The maximum Gasteiger partial charge on any atom is 0.128 e. The Morgan fingerprint density at radius 1 is 1.27 bits per heavy atom. The van der Waals surface area contributed by atoms with Crippen molar-refractivity contribution in [2.75, 3.05) is 12.1 Å². The first-order valence-electron chi connectivity index (χ1n) is 4.26. The van der Waals surface area contributed by atoms with Gasteiger partial charge in [0.05, 0.1) is 5.69 Å². The predicted molar refractivity (Wildman–Crippen MR) is 64.7 cm³/mol. The molecular weight excluding hydrogens is 233 g/mol. The van der Waals surface area contributed by atoms with Crippen molar-refractivity contribution in [1.82, 2.24) is 9.66 Å². The topological polar surface area (TPSA) is 21.1 Å². The molecule has 0 aliphatic rings. The van der Waals surface area contributed by atoms with Crippen LogP contribution in [0.4, 0.5) is 5.69 Å². The molecule has 0 N–H and O–H groups in total. The first-order valence-corrected chi connectivity index (χ1v) is 4.64. The van der Waals surface area contributed by atoms with Crippen LogP contribution in [0.2, 0.25) is 5.15 Å². The number of aromatic nitrogens is 2. The van der Waals surface area contributed by atoms with Crippen LogP contribution in [0.15, 0.2) is 42.9 Å². The number of anilines is 1. The Morgan fingerprint density at radius 3 is 2.47 bits per heavy atom. The third-order valence-corrected chi connectivity index (χ3v) is 2.34. The summed E-state index contributed by atoms with van der Waals surface area (Å²) in [4.78, 5) is 3.96. The normalized spacial score (nSPS) is 9.47. The van der Waals surface area contributed by atoms with Gasteiger partial charge in [0.1, 0.15) is 5.15 Å². The molecule has 15 heavy (non-hydrogen) atoms. The maximum absolute atomic E-state index is 5.99. The van der Waals surface area contributed by atoms with Crippen molar-refractivity contribution in [3.8, 4) is 0 Å². The average molecular weight is 244 g/mol. The van der Waals surface area contributed by atoms with Crippen molar-refractivity contribution in [2.24, 2.45) is 0 Å². The molecule has 0 saturated carbocycles. The van der Waals surface area contributed by atoms with E-state index in [9.17, 15) is 0 Å². The summed E-state index contributed by atoms with van der Waals surface area (Å²) in [6.07, 6.45) is 5.41. The van der Waals surface area contributed by atoms with Gasteiger partial charge in [0.2, 0.25) is 0 Å². The van der Waals surface area contributed by atoms with Crippen molar-refractivity contribution < 1.29 is 0 Å². The number of halogens is 2. The van der Waals surface area contributed by atoms with Crippen molar-refractivity contribution in [1.29, 1.82) is 0 Å². The predicted octanol–water partition coefficient (Wildman–Crippen LogP) is 2.86. The van der Waals surface area contributed by atoms with Crippen LogP contribution < -0.4 is 5.01 Å². The molecule has 0 amide bonds. The van der Waals surface area contributed by atoms with E-state index in [4.69, 9.17) is 11.6 Å². The van der Waals surface area contributed by atoms with Crippen LogP contribution >= 0.6 is 24.0 Å². The molecule has 0 fully saturated rings. The van der Waals surface area contributed by atoms with Gasteiger partial charge in [-0.3, -0.25) is 9.99 Å². The molecular formula is C10H11Cl2N3. The van der Waals surface area contributed by atoms with Crippen LogP contribution in [0.25, 0.3) is 0 Å². The Hall–Kier alpha value is -1.19. The Balaban J connectivity index is 0.00000112. The minimum absolute atomic E-state index is 0. The molecule has 0 unspecified atom stereocenters. The molecule has 0 spiro atoms. The number of rotatable bonds is 2. The lowest BCUT2D eigenvalue weighted by molar-refractivity contribution is 0.780. The molecule has 5 heteroatoms. The second-order valence-electron chi connectivity index (χ2n) is 2.90. The van der Waals surface area contributed by atoms with E-state index in [1.807, 2.05) is 47.2 Å². The van der Waals surface area contributed by atoms with Gasteiger partial charge in [-0.2, -0.15) is 0 Å². The van der Waals surface area contributed by atoms with E-state index >= 15 is 0 Å². The highest BCUT2D eigenvalue weighted by molar-refractivity contribution is 6.29. The van der Waals surface area contributed by atoms with Gasteiger partial charge in [-0.25, -0.2) is 4.68 Å². The van der Waals surface area contributed by atoms with Crippen LogP contribution in [0.5, 0.6) is 0 Å². The van der Waals surface area contributed by atoms with Crippen LogP contribution in [0, 0.1) is 0 Å². The number of pyridine rings is 1. The molecule has 0 atom stereocenters. The van der Waals surface area contributed by atoms with Gasteiger partial charge in [0.25, 0.3) is 0 Å². The Kier molecular flexibility index (Phi) is 4.00. The van der Waals surface area contributed by atoms with E-state index in [0.717, 1.165) is 5.69 Å². The lowest BCUT2D eigenvalue weighted by Crippen LogP contribution is -2.23. The van der Waals surface area contributed by atoms with E-state index in [2.05, 4.69) is 4.98 Å². The smallest absolute Gasteiger partial charge is 0.128 e. The summed E-state index contributed by atoms with van der Waals surface area (Å²) in [5.74, 6) is 0. The summed E-state index contributed by atoms with van der Waals surface area (Å²) in [5, 5.41) is 2.63.